The summed E-state index contributed by atoms with van der Waals surface area (Å²) in [6, 6.07) is 14.5. The Hall–Kier alpha value is -2.60. The predicted molar refractivity (Wildman–Crippen MR) is 106 cm³/mol. The van der Waals surface area contributed by atoms with E-state index >= 15 is 0 Å². The van der Waals surface area contributed by atoms with Crippen molar-refractivity contribution in [2.24, 2.45) is 0 Å². The lowest BCUT2D eigenvalue weighted by Crippen LogP contribution is -2.44. The SMILES string of the molecule is Cc1ccsc1C(=O)NC1CCN(c2cc(-c3ccccc3)[nH]n2)CC1. The minimum Gasteiger partial charge on any atom is -0.355 e. The maximum absolute atomic E-state index is 12.4. The van der Waals surface area contributed by atoms with E-state index in [9.17, 15) is 4.79 Å². The van der Waals surface area contributed by atoms with Crippen molar-refractivity contribution in [1.29, 1.82) is 0 Å². The summed E-state index contributed by atoms with van der Waals surface area (Å²) in [5.41, 5.74) is 3.22. The largest absolute Gasteiger partial charge is 0.355 e. The lowest BCUT2D eigenvalue weighted by molar-refractivity contribution is 0.0934. The van der Waals surface area contributed by atoms with Crippen molar-refractivity contribution in [3.8, 4) is 11.3 Å². The molecule has 0 aliphatic carbocycles. The average molecular weight is 366 g/mol. The number of rotatable bonds is 4. The number of benzene rings is 1. The third-order valence-electron chi connectivity index (χ3n) is 4.87. The zero-order chi connectivity index (χ0) is 17.9. The van der Waals surface area contributed by atoms with Crippen LogP contribution in [0.5, 0.6) is 0 Å². The van der Waals surface area contributed by atoms with Gasteiger partial charge in [0.25, 0.3) is 5.91 Å². The maximum Gasteiger partial charge on any atom is 0.261 e. The number of amides is 1. The van der Waals surface area contributed by atoms with Crippen molar-refractivity contribution in [3.63, 3.8) is 0 Å². The molecular formula is C20H22N4OS. The molecular weight excluding hydrogens is 344 g/mol. The van der Waals surface area contributed by atoms with E-state index in [1.54, 1.807) is 0 Å². The van der Waals surface area contributed by atoms with Crippen LogP contribution in [-0.4, -0.2) is 35.2 Å². The molecule has 1 fully saturated rings. The van der Waals surface area contributed by atoms with Crippen molar-refractivity contribution >= 4 is 23.1 Å². The Labute approximate surface area is 157 Å². The number of hydrogen-bond donors (Lipinski definition) is 2. The quantitative estimate of drug-likeness (QED) is 0.737. The van der Waals surface area contributed by atoms with Crippen LogP contribution in [0.2, 0.25) is 0 Å². The first kappa shape index (κ1) is 16.8. The Balaban J connectivity index is 1.35. The van der Waals surface area contributed by atoms with E-state index in [2.05, 4.69) is 38.6 Å². The van der Waals surface area contributed by atoms with Gasteiger partial charge < -0.3 is 10.2 Å². The number of hydrogen-bond acceptors (Lipinski definition) is 4. The minimum absolute atomic E-state index is 0.0575. The summed E-state index contributed by atoms with van der Waals surface area (Å²) in [5.74, 6) is 1.03. The van der Waals surface area contributed by atoms with E-state index in [1.165, 1.54) is 11.3 Å². The Morgan fingerprint density at radius 3 is 2.69 bits per heavy atom. The second-order valence-electron chi connectivity index (χ2n) is 6.67. The van der Waals surface area contributed by atoms with Crippen molar-refractivity contribution < 1.29 is 4.79 Å². The molecule has 1 amide bonds. The zero-order valence-corrected chi connectivity index (χ0v) is 15.6. The number of nitrogens with zero attached hydrogens (tertiary/aromatic N) is 2. The van der Waals surface area contributed by atoms with Crippen LogP contribution in [0.4, 0.5) is 5.82 Å². The Kier molecular flexibility index (Phi) is 4.75. The summed E-state index contributed by atoms with van der Waals surface area (Å²) < 4.78 is 0. The van der Waals surface area contributed by atoms with Crippen molar-refractivity contribution in [2.45, 2.75) is 25.8 Å². The molecule has 0 bridgehead atoms. The highest BCUT2D eigenvalue weighted by Gasteiger charge is 2.23. The van der Waals surface area contributed by atoms with E-state index in [1.807, 2.05) is 36.6 Å². The predicted octanol–water partition coefficient (Wildman–Crippen LogP) is 3.85. The number of aryl methyl sites for hydroxylation is 1. The van der Waals surface area contributed by atoms with E-state index in [4.69, 9.17) is 0 Å². The molecule has 26 heavy (non-hydrogen) atoms. The van der Waals surface area contributed by atoms with Crippen LogP contribution in [0.1, 0.15) is 28.1 Å². The number of aromatic nitrogens is 2. The molecule has 134 valence electrons. The summed E-state index contributed by atoms with van der Waals surface area (Å²) in [6.45, 7) is 3.77. The summed E-state index contributed by atoms with van der Waals surface area (Å²) in [4.78, 5) is 15.5. The fourth-order valence-electron chi connectivity index (χ4n) is 3.35. The van der Waals surface area contributed by atoms with Crippen LogP contribution >= 0.6 is 11.3 Å². The normalized spacial score (nSPS) is 15.2. The molecule has 3 aromatic rings. The van der Waals surface area contributed by atoms with Gasteiger partial charge >= 0.3 is 0 Å². The second-order valence-corrected chi connectivity index (χ2v) is 7.59. The van der Waals surface area contributed by atoms with Crippen LogP contribution in [0.15, 0.2) is 47.8 Å². The van der Waals surface area contributed by atoms with Crippen LogP contribution in [0.3, 0.4) is 0 Å². The molecule has 6 heteroatoms. The number of piperidine rings is 1. The lowest BCUT2D eigenvalue weighted by Gasteiger charge is -2.32. The van der Waals surface area contributed by atoms with Crippen LogP contribution in [-0.2, 0) is 0 Å². The van der Waals surface area contributed by atoms with Gasteiger partial charge in [0.1, 0.15) is 0 Å². The van der Waals surface area contributed by atoms with E-state index in [-0.39, 0.29) is 11.9 Å². The van der Waals surface area contributed by atoms with Gasteiger partial charge in [0.2, 0.25) is 0 Å². The van der Waals surface area contributed by atoms with Crippen LogP contribution < -0.4 is 10.2 Å². The van der Waals surface area contributed by atoms with E-state index in [0.717, 1.165) is 53.4 Å². The minimum atomic E-state index is 0.0575. The molecule has 0 unspecified atom stereocenters. The molecule has 0 atom stereocenters. The third kappa shape index (κ3) is 3.51. The van der Waals surface area contributed by atoms with Gasteiger partial charge in [-0.3, -0.25) is 9.89 Å². The van der Waals surface area contributed by atoms with E-state index < -0.39 is 0 Å². The maximum atomic E-state index is 12.4. The molecule has 1 aliphatic rings. The fourth-order valence-corrected chi connectivity index (χ4v) is 4.18. The molecule has 1 aliphatic heterocycles. The van der Waals surface area contributed by atoms with Gasteiger partial charge in [-0.15, -0.1) is 11.3 Å². The molecule has 4 rings (SSSR count). The van der Waals surface area contributed by atoms with Crippen molar-refractivity contribution in [3.05, 3.63) is 58.3 Å². The number of carbonyl (C=O) groups excluding carboxylic acids is 1. The molecule has 0 spiro atoms. The molecule has 2 aromatic heterocycles. The van der Waals surface area contributed by atoms with Gasteiger partial charge in [0.15, 0.2) is 5.82 Å². The summed E-state index contributed by atoms with van der Waals surface area (Å²) >= 11 is 1.51. The molecule has 0 radical (unpaired) electrons. The van der Waals surface area contributed by atoms with Gasteiger partial charge in [-0.2, -0.15) is 5.10 Å². The highest BCUT2D eigenvalue weighted by atomic mass is 32.1. The molecule has 0 saturated carbocycles. The number of anilines is 1. The highest BCUT2D eigenvalue weighted by Crippen LogP contribution is 2.24. The lowest BCUT2D eigenvalue weighted by atomic mass is 10.0. The number of aromatic amines is 1. The molecule has 1 saturated heterocycles. The Morgan fingerprint density at radius 2 is 2.00 bits per heavy atom. The number of nitrogens with one attached hydrogen (secondary N) is 2. The van der Waals surface area contributed by atoms with Gasteiger partial charge in [-0.1, -0.05) is 30.3 Å². The summed E-state index contributed by atoms with van der Waals surface area (Å²) in [5, 5.41) is 12.7. The molecule has 2 N–H and O–H groups in total. The fraction of sp³-hybridized carbons (Fsp3) is 0.300. The standard InChI is InChI=1S/C20H22N4OS/c1-14-9-12-26-19(14)20(25)21-16-7-10-24(11-8-16)18-13-17(22-23-18)15-5-3-2-4-6-15/h2-6,9,12-13,16H,7-8,10-11H2,1H3,(H,21,25)(H,22,23). The summed E-state index contributed by atoms with van der Waals surface area (Å²) in [7, 11) is 0. The number of carbonyl (C=O) groups is 1. The highest BCUT2D eigenvalue weighted by molar-refractivity contribution is 7.12. The van der Waals surface area contributed by atoms with Gasteiger partial charge in [0, 0.05) is 25.2 Å². The second kappa shape index (κ2) is 7.33. The van der Waals surface area contributed by atoms with Gasteiger partial charge in [-0.25, -0.2) is 0 Å². The van der Waals surface area contributed by atoms with Crippen molar-refractivity contribution in [2.75, 3.05) is 18.0 Å². The molecule has 1 aromatic carbocycles. The first-order chi connectivity index (χ1) is 12.7. The smallest absolute Gasteiger partial charge is 0.261 e. The topological polar surface area (TPSA) is 61.0 Å². The first-order valence-corrected chi connectivity index (χ1v) is 9.79. The van der Waals surface area contributed by atoms with Gasteiger partial charge in [-0.05, 0) is 42.3 Å². The number of thiophene rings is 1. The van der Waals surface area contributed by atoms with Crippen LogP contribution in [0.25, 0.3) is 11.3 Å². The molecule has 5 nitrogen and oxygen atoms in total. The third-order valence-corrected chi connectivity index (χ3v) is 5.89. The summed E-state index contributed by atoms with van der Waals surface area (Å²) in [6.07, 6.45) is 1.87. The monoisotopic (exact) mass is 366 g/mol. The molecule has 3 heterocycles. The number of H-pyrrole nitrogens is 1. The first-order valence-electron chi connectivity index (χ1n) is 8.91. The average Bonchev–Trinajstić information content (AvgIpc) is 3.32. The zero-order valence-electron chi connectivity index (χ0n) is 14.7. The van der Waals surface area contributed by atoms with Gasteiger partial charge in [0.05, 0.1) is 10.6 Å². The Morgan fingerprint density at radius 1 is 1.23 bits per heavy atom. The van der Waals surface area contributed by atoms with Crippen LogP contribution in [0, 0.1) is 6.92 Å². The van der Waals surface area contributed by atoms with Crippen molar-refractivity contribution in [1.82, 2.24) is 15.5 Å². The Bertz CT molecular complexity index is 878. The van der Waals surface area contributed by atoms with E-state index in [0.29, 0.717) is 0 Å².